The molecule has 0 saturated carbocycles. The van der Waals surface area contributed by atoms with Crippen LogP contribution in [0, 0.1) is 5.92 Å². The molecule has 0 heterocycles. The number of aliphatic hydroxyl groups is 1. The molecule has 0 amide bonds. The molecule has 0 fully saturated rings. The number of hydrogen-bond acceptors (Lipinski definition) is 3. The second kappa shape index (κ2) is 5.03. The lowest BCUT2D eigenvalue weighted by molar-refractivity contribution is 0.0959. The van der Waals surface area contributed by atoms with Gasteiger partial charge >= 0.3 is 0 Å². The minimum atomic E-state index is 0.213. The normalized spacial score (nSPS) is 13.9. The van der Waals surface area contributed by atoms with Gasteiger partial charge in [0.2, 0.25) is 0 Å². The molecule has 0 saturated heterocycles. The van der Waals surface area contributed by atoms with Gasteiger partial charge in [-0.1, -0.05) is 6.92 Å². The summed E-state index contributed by atoms with van der Waals surface area (Å²) in [4.78, 5) is 4.35. The first kappa shape index (κ1) is 7.88. The first-order valence-corrected chi connectivity index (χ1v) is 2.73. The highest BCUT2D eigenvalue weighted by atomic mass is 16.6. The zero-order valence-corrected chi connectivity index (χ0v) is 5.13. The van der Waals surface area contributed by atoms with Crippen LogP contribution in [-0.2, 0) is 4.84 Å². The predicted octanol–water partition coefficient (Wildman–Crippen LogP) is -0.105. The largest absolute Gasteiger partial charge is 0.396 e. The average Bonchev–Trinajstić information content (AvgIpc) is 1.68. The van der Waals surface area contributed by atoms with Crippen molar-refractivity contribution in [3.8, 4) is 0 Å². The van der Waals surface area contributed by atoms with Crippen LogP contribution in [0.25, 0.3) is 0 Å². The Kier molecular flexibility index (Phi) is 4.95. The molecular weight excluding hydrogens is 106 g/mol. The molecule has 0 aliphatic carbocycles. The van der Waals surface area contributed by atoms with Crippen molar-refractivity contribution in [2.24, 2.45) is 11.8 Å². The molecule has 3 heteroatoms. The van der Waals surface area contributed by atoms with Gasteiger partial charge in [0.05, 0.1) is 6.61 Å². The summed E-state index contributed by atoms with van der Waals surface area (Å²) in [7, 11) is 0. The molecule has 3 N–H and O–H groups in total. The molecule has 0 spiro atoms. The highest BCUT2D eigenvalue weighted by molar-refractivity contribution is 4.47. The fourth-order valence-corrected chi connectivity index (χ4v) is 0.468. The van der Waals surface area contributed by atoms with E-state index in [0.717, 1.165) is 6.42 Å². The Bertz CT molecular complexity index is 43.7. The maximum atomic E-state index is 8.37. The lowest BCUT2D eigenvalue weighted by Gasteiger charge is -2.04. The zero-order valence-electron chi connectivity index (χ0n) is 5.13. The van der Waals surface area contributed by atoms with E-state index in [9.17, 15) is 0 Å². The fourth-order valence-electron chi connectivity index (χ4n) is 0.468. The standard InChI is InChI=1S/C5H13NO2/c1-5(2-3-7)4-8-6/h5,7H,2-4,6H2,1H3. The molecule has 0 aromatic heterocycles. The number of hydrogen-bond donors (Lipinski definition) is 2. The Balaban J connectivity index is 2.92. The van der Waals surface area contributed by atoms with Crippen LogP contribution in [0.4, 0.5) is 0 Å². The van der Waals surface area contributed by atoms with Gasteiger partial charge in [0.1, 0.15) is 0 Å². The van der Waals surface area contributed by atoms with E-state index in [1.165, 1.54) is 0 Å². The zero-order chi connectivity index (χ0) is 6.41. The summed E-state index contributed by atoms with van der Waals surface area (Å²) in [6.07, 6.45) is 0.761. The van der Waals surface area contributed by atoms with Crippen LogP contribution >= 0.6 is 0 Å². The SMILES string of the molecule is CC(CCO)CON. The molecule has 0 rings (SSSR count). The van der Waals surface area contributed by atoms with Crippen LogP contribution < -0.4 is 5.90 Å². The van der Waals surface area contributed by atoms with Crippen molar-refractivity contribution in [1.29, 1.82) is 0 Å². The van der Waals surface area contributed by atoms with Crippen molar-refractivity contribution < 1.29 is 9.94 Å². The van der Waals surface area contributed by atoms with Crippen LogP contribution in [0.5, 0.6) is 0 Å². The molecule has 1 unspecified atom stereocenters. The van der Waals surface area contributed by atoms with Crippen LogP contribution in [0.15, 0.2) is 0 Å². The monoisotopic (exact) mass is 119 g/mol. The van der Waals surface area contributed by atoms with Crippen molar-refractivity contribution in [3.05, 3.63) is 0 Å². The van der Waals surface area contributed by atoms with E-state index >= 15 is 0 Å². The van der Waals surface area contributed by atoms with Gasteiger partial charge in [0, 0.05) is 6.61 Å². The minimum Gasteiger partial charge on any atom is -0.396 e. The van der Waals surface area contributed by atoms with Gasteiger partial charge in [-0.3, -0.25) is 0 Å². The summed E-state index contributed by atoms with van der Waals surface area (Å²) in [5.41, 5.74) is 0. The lowest BCUT2D eigenvalue weighted by atomic mass is 10.1. The highest BCUT2D eigenvalue weighted by Gasteiger charge is 1.97. The molecule has 0 aliphatic heterocycles. The molecular formula is C5H13NO2. The summed E-state index contributed by atoms with van der Waals surface area (Å²) in [5, 5.41) is 8.37. The van der Waals surface area contributed by atoms with Crippen molar-refractivity contribution in [1.82, 2.24) is 0 Å². The first-order chi connectivity index (χ1) is 3.81. The summed E-state index contributed by atoms with van der Waals surface area (Å²) in [6.45, 7) is 2.72. The molecule has 0 aliphatic rings. The Hall–Kier alpha value is -0.120. The molecule has 0 radical (unpaired) electrons. The van der Waals surface area contributed by atoms with Crippen LogP contribution in [0.3, 0.4) is 0 Å². The molecule has 1 atom stereocenters. The fraction of sp³-hybridized carbons (Fsp3) is 1.00. The third-order valence-electron chi connectivity index (χ3n) is 1.00. The number of nitrogens with two attached hydrogens (primary N) is 1. The van der Waals surface area contributed by atoms with Crippen molar-refractivity contribution in [2.45, 2.75) is 13.3 Å². The van der Waals surface area contributed by atoms with Gasteiger partial charge in [-0.15, -0.1) is 0 Å². The first-order valence-electron chi connectivity index (χ1n) is 2.73. The summed E-state index contributed by atoms with van der Waals surface area (Å²) < 4.78 is 0. The van der Waals surface area contributed by atoms with Gasteiger partial charge in [0.15, 0.2) is 0 Å². The van der Waals surface area contributed by atoms with E-state index in [4.69, 9.17) is 11.0 Å². The van der Waals surface area contributed by atoms with Gasteiger partial charge in [-0.2, -0.15) is 0 Å². The van der Waals surface area contributed by atoms with E-state index in [1.54, 1.807) is 0 Å². The number of aliphatic hydroxyl groups excluding tert-OH is 1. The molecule has 0 bridgehead atoms. The Labute approximate surface area is 49.4 Å². The molecule has 8 heavy (non-hydrogen) atoms. The number of rotatable bonds is 4. The average molecular weight is 119 g/mol. The van der Waals surface area contributed by atoms with E-state index in [-0.39, 0.29) is 6.61 Å². The van der Waals surface area contributed by atoms with E-state index in [1.807, 2.05) is 6.92 Å². The molecule has 0 aromatic rings. The summed E-state index contributed by atoms with van der Waals surface area (Å²) >= 11 is 0. The van der Waals surface area contributed by atoms with E-state index < -0.39 is 0 Å². The maximum Gasteiger partial charge on any atom is 0.0705 e. The van der Waals surface area contributed by atoms with Crippen LogP contribution in [0.1, 0.15) is 13.3 Å². The van der Waals surface area contributed by atoms with E-state index in [0.29, 0.717) is 12.5 Å². The molecule has 50 valence electrons. The molecule has 3 nitrogen and oxygen atoms in total. The second-order valence-electron chi connectivity index (χ2n) is 1.95. The maximum absolute atomic E-state index is 8.37. The Morgan fingerprint density at radius 1 is 1.75 bits per heavy atom. The predicted molar refractivity (Wildman–Crippen MR) is 31.0 cm³/mol. The topological polar surface area (TPSA) is 55.5 Å². The van der Waals surface area contributed by atoms with Gasteiger partial charge < -0.3 is 9.94 Å². The highest BCUT2D eigenvalue weighted by Crippen LogP contribution is 1.98. The molecule has 0 aromatic carbocycles. The van der Waals surface area contributed by atoms with Gasteiger partial charge in [-0.05, 0) is 12.3 Å². The van der Waals surface area contributed by atoms with Crippen LogP contribution in [0.2, 0.25) is 0 Å². The third kappa shape index (κ3) is 4.05. The lowest BCUT2D eigenvalue weighted by Crippen LogP contribution is -2.10. The third-order valence-corrected chi connectivity index (χ3v) is 1.00. The summed E-state index contributed by atoms with van der Waals surface area (Å²) in [5.74, 6) is 5.14. The van der Waals surface area contributed by atoms with Gasteiger partial charge in [0.25, 0.3) is 0 Å². The second-order valence-corrected chi connectivity index (χ2v) is 1.95. The Morgan fingerprint density at radius 2 is 2.38 bits per heavy atom. The van der Waals surface area contributed by atoms with Gasteiger partial charge in [-0.25, -0.2) is 5.90 Å². The van der Waals surface area contributed by atoms with E-state index in [2.05, 4.69) is 4.84 Å². The van der Waals surface area contributed by atoms with Crippen molar-refractivity contribution in [2.75, 3.05) is 13.2 Å². The summed E-state index contributed by atoms with van der Waals surface area (Å²) in [6, 6.07) is 0. The quantitative estimate of drug-likeness (QED) is 0.508. The van der Waals surface area contributed by atoms with Crippen molar-refractivity contribution in [3.63, 3.8) is 0 Å². The van der Waals surface area contributed by atoms with Crippen molar-refractivity contribution >= 4 is 0 Å². The Morgan fingerprint density at radius 3 is 2.75 bits per heavy atom. The van der Waals surface area contributed by atoms with Crippen LogP contribution in [-0.4, -0.2) is 18.3 Å². The minimum absolute atomic E-state index is 0.213. The smallest absolute Gasteiger partial charge is 0.0705 e.